The summed E-state index contributed by atoms with van der Waals surface area (Å²) < 4.78 is 11.5. The van der Waals surface area contributed by atoms with E-state index in [0.717, 1.165) is 17.9 Å². The number of rotatable bonds is 6. The van der Waals surface area contributed by atoms with Gasteiger partial charge in [0.15, 0.2) is 0 Å². The van der Waals surface area contributed by atoms with Gasteiger partial charge in [-0.3, -0.25) is 4.39 Å². The van der Waals surface area contributed by atoms with Crippen molar-refractivity contribution in [3.63, 3.8) is 0 Å². The van der Waals surface area contributed by atoms with Crippen molar-refractivity contribution in [1.82, 2.24) is 0 Å². The smallest absolute Gasteiger partial charge is 0.0902 e. The average molecular weight is 162 g/mol. The molecule has 0 bridgehead atoms. The van der Waals surface area contributed by atoms with Gasteiger partial charge in [-0.1, -0.05) is 5.57 Å². The standard InChI is InChI=1S/C8H15FS/c1-8(2)4-7-10-6-3-5-9/h1,3-7H2,2H3. The van der Waals surface area contributed by atoms with Crippen molar-refractivity contribution < 1.29 is 4.39 Å². The van der Waals surface area contributed by atoms with Crippen molar-refractivity contribution in [2.24, 2.45) is 0 Å². The van der Waals surface area contributed by atoms with E-state index in [2.05, 4.69) is 6.58 Å². The van der Waals surface area contributed by atoms with Gasteiger partial charge in [-0.25, -0.2) is 0 Å². The van der Waals surface area contributed by atoms with Crippen LogP contribution >= 0.6 is 11.8 Å². The first-order chi connectivity index (χ1) is 4.77. The predicted octanol–water partition coefficient (Wildman–Crippen LogP) is 3.05. The average Bonchev–Trinajstić information content (AvgIpc) is 1.87. The molecule has 0 fully saturated rings. The Hall–Kier alpha value is 0.0200. The molecule has 0 aromatic rings. The normalized spacial score (nSPS) is 9.80. The van der Waals surface area contributed by atoms with Gasteiger partial charge in [0.05, 0.1) is 6.67 Å². The maximum absolute atomic E-state index is 11.5. The van der Waals surface area contributed by atoms with Crippen LogP contribution in [0.5, 0.6) is 0 Å². The minimum atomic E-state index is -0.180. The van der Waals surface area contributed by atoms with Gasteiger partial charge in [-0.15, -0.1) is 6.58 Å². The monoisotopic (exact) mass is 162 g/mol. The molecule has 0 rings (SSSR count). The number of thioether (sulfide) groups is 1. The molecule has 0 saturated heterocycles. The zero-order valence-electron chi connectivity index (χ0n) is 6.53. The van der Waals surface area contributed by atoms with Gasteiger partial charge in [0.25, 0.3) is 0 Å². The van der Waals surface area contributed by atoms with Gasteiger partial charge in [-0.2, -0.15) is 11.8 Å². The molecule has 0 spiro atoms. The molecule has 0 heterocycles. The van der Waals surface area contributed by atoms with E-state index in [4.69, 9.17) is 0 Å². The molecule has 0 N–H and O–H groups in total. The van der Waals surface area contributed by atoms with Crippen molar-refractivity contribution in [3.8, 4) is 0 Å². The molecule has 0 atom stereocenters. The van der Waals surface area contributed by atoms with E-state index < -0.39 is 0 Å². The number of allylic oxidation sites excluding steroid dienone is 1. The number of hydrogen-bond acceptors (Lipinski definition) is 1. The maximum Gasteiger partial charge on any atom is 0.0902 e. The highest BCUT2D eigenvalue weighted by atomic mass is 32.2. The Kier molecular flexibility index (Phi) is 7.15. The zero-order chi connectivity index (χ0) is 7.82. The molecular weight excluding hydrogens is 147 g/mol. The quantitative estimate of drug-likeness (QED) is 0.427. The van der Waals surface area contributed by atoms with Crippen LogP contribution in [0.15, 0.2) is 12.2 Å². The van der Waals surface area contributed by atoms with E-state index in [1.54, 1.807) is 11.8 Å². The van der Waals surface area contributed by atoms with Crippen molar-refractivity contribution >= 4 is 11.8 Å². The molecule has 0 aliphatic heterocycles. The summed E-state index contributed by atoms with van der Waals surface area (Å²) >= 11 is 1.81. The minimum Gasteiger partial charge on any atom is -0.251 e. The summed E-state index contributed by atoms with van der Waals surface area (Å²) in [6.07, 6.45) is 1.76. The SMILES string of the molecule is C=C(C)CCSCCCF. The lowest BCUT2D eigenvalue weighted by molar-refractivity contribution is 0.489. The van der Waals surface area contributed by atoms with Gasteiger partial charge in [-0.05, 0) is 31.3 Å². The van der Waals surface area contributed by atoms with Crippen LogP contribution in [0.2, 0.25) is 0 Å². The Bertz CT molecular complexity index is 91.3. The second-order valence-electron chi connectivity index (χ2n) is 2.36. The summed E-state index contributed by atoms with van der Waals surface area (Å²) in [5, 5.41) is 0. The zero-order valence-corrected chi connectivity index (χ0v) is 7.35. The summed E-state index contributed by atoms with van der Waals surface area (Å²) in [6, 6.07) is 0. The van der Waals surface area contributed by atoms with Gasteiger partial charge >= 0.3 is 0 Å². The first-order valence-corrected chi connectivity index (χ1v) is 4.71. The Morgan fingerprint density at radius 1 is 1.50 bits per heavy atom. The molecule has 0 aromatic carbocycles. The van der Waals surface area contributed by atoms with E-state index in [-0.39, 0.29) is 6.67 Å². The van der Waals surface area contributed by atoms with Crippen molar-refractivity contribution in [1.29, 1.82) is 0 Å². The predicted molar refractivity (Wildman–Crippen MR) is 47.3 cm³/mol. The van der Waals surface area contributed by atoms with E-state index in [1.165, 1.54) is 5.57 Å². The second-order valence-corrected chi connectivity index (χ2v) is 3.59. The van der Waals surface area contributed by atoms with Crippen molar-refractivity contribution in [2.45, 2.75) is 19.8 Å². The highest BCUT2D eigenvalue weighted by Crippen LogP contribution is 2.07. The largest absolute Gasteiger partial charge is 0.251 e. The fraction of sp³-hybridized carbons (Fsp3) is 0.750. The fourth-order valence-electron chi connectivity index (χ4n) is 0.505. The second kappa shape index (κ2) is 7.13. The number of hydrogen-bond donors (Lipinski definition) is 0. The third-order valence-electron chi connectivity index (χ3n) is 1.10. The molecule has 2 heteroatoms. The summed E-state index contributed by atoms with van der Waals surface area (Å²) in [7, 11) is 0. The molecule has 60 valence electrons. The lowest BCUT2D eigenvalue weighted by Crippen LogP contribution is -1.85. The minimum absolute atomic E-state index is 0.180. The number of halogens is 1. The molecule has 0 saturated carbocycles. The first kappa shape index (κ1) is 10.0. The van der Waals surface area contributed by atoms with Crippen LogP contribution in [0.25, 0.3) is 0 Å². The van der Waals surface area contributed by atoms with Crippen molar-refractivity contribution in [3.05, 3.63) is 12.2 Å². The Labute approximate surface area is 66.9 Å². The Morgan fingerprint density at radius 2 is 2.20 bits per heavy atom. The third-order valence-corrected chi connectivity index (χ3v) is 2.17. The highest BCUT2D eigenvalue weighted by molar-refractivity contribution is 7.99. The Balaban J connectivity index is 2.84. The molecule has 0 aromatic heterocycles. The van der Waals surface area contributed by atoms with E-state index in [0.29, 0.717) is 6.42 Å². The molecule has 0 nitrogen and oxygen atoms in total. The van der Waals surface area contributed by atoms with E-state index in [9.17, 15) is 4.39 Å². The van der Waals surface area contributed by atoms with Crippen LogP contribution in [-0.2, 0) is 0 Å². The van der Waals surface area contributed by atoms with Gasteiger partial charge in [0.2, 0.25) is 0 Å². The van der Waals surface area contributed by atoms with Gasteiger partial charge in [0.1, 0.15) is 0 Å². The molecule has 0 aliphatic rings. The first-order valence-electron chi connectivity index (χ1n) is 3.55. The lowest BCUT2D eigenvalue weighted by atomic mass is 10.3. The summed E-state index contributed by atoms with van der Waals surface area (Å²) in [5.74, 6) is 2.04. The van der Waals surface area contributed by atoms with Crippen LogP contribution in [-0.4, -0.2) is 18.2 Å². The Morgan fingerprint density at radius 3 is 2.70 bits per heavy atom. The van der Waals surface area contributed by atoms with Crippen LogP contribution in [0, 0.1) is 0 Å². The van der Waals surface area contributed by atoms with E-state index in [1.807, 2.05) is 6.92 Å². The lowest BCUT2D eigenvalue weighted by Gasteiger charge is -1.97. The summed E-state index contributed by atoms with van der Waals surface area (Å²) in [6.45, 7) is 5.63. The third kappa shape index (κ3) is 8.02. The molecule has 0 amide bonds. The molecule has 0 radical (unpaired) electrons. The number of alkyl halides is 1. The molecular formula is C8H15FS. The molecule has 0 aliphatic carbocycles. The maximum atomic E-state index is 11.5. The van der Waals surface area contributed by atoms with Crippen LogP contribution < -0.4 is 0 Å². The topological polar surface area (TPSA) is 0 Å². The van der Waals surface area contributed by atoms with Gasteiger partial charge < -0.3 is 0 Å². The van der Waals surface area contributed by atoms with Crippen LogP contribution in [0.1, 0.15) is 19.8 Å². The van der Waals surface area contributed by atoms with Gasteiger partial charge in [0, 0.05) is 0 Å². The van der Waals surface area contributed by atoms with E-state index >= 15 is 0 Å². The molecule has 10 heavy (non-hydrogen) atoms. The van der Waals surface area contributed by atoms with Crippen molar-refractivity contribution in [2.75, 3.05) is 18.2 Å². The summed E-state index contributed by atoms with van der Waals surface area (Å²) in [5.41, 5.74) is 1.22. The van der Waals surface area contributed by atoms with Crippen LogP contribution in [0.4, 0.5) is 4.39 Å². The highest BCUT2D eigenvalue weighted by Gasteiger charge is 1.89. The summed E-state index contributed by atoms with van der Waals surface area (Å²) in [4.78, 5) is 0. The molecule has 0 unspecified atom stereocenters. The van der Waals surface area contributed by atoms with Crippen LogP contribution in [0.3, 0.4) is 0 Å². The fourth-order valence-corrected chi connectivity index (χ4v) is 1.52.